The summed E-state index contributed by atoms with van der Waals surface area (Å²) in [5.41, 5.74) is 5.05. The Labute approximate surface area is 107 Å². The number of aliphatic carboxylic acids is 1. The molecule has 7 heteroatoms. The standard InChI is InChI=1S/C6H12N2O.C5H9NO2.H2O/c7-6(9)8-4-2-1-3-5-8;7-5(8)4-2-1-3-6-4;/h1-5H2,(H2,7,9);4,6H,1-3H2,(H,7,8);1H2/t;4-;/m.0./s1. The number of amides is 2. The van der Waals surface area contributed by atoms with Gasteiger partial charge in [-0.25, -0.2) is 4.79 Å². The number of rotatable bonds is 1. The summed E-state index contributed by atoms with van der Waals surface area (Å²) in [5.74, 6) is -0.720. The van der Waals surface area contributed by atoms with Gasteiger partial charge in [0.15, 0.2) is 0 Å². The summed E-state index contributed by atoms with van der Waals surface area (Å²) in [7, 11) is 0. The Morgan fingerprint density at radius 2 is 1.78 bits per heavy atom. The average Bonchev–Trinajstić information content (AvgIpc) is 2.84. The highest BCUT2D eigenvalue weighted by molar-refractivity contribution is 5.73. The molecule has 0 aromatic heterocycles. The molecule has 2 heterocycles. The van der Waals surface area contributed by atoms with Crippen LogP contribution < -0.4 is 11.1 Å². The van der Waals surface area contributed by atoms with Crippen LogP contribution in [-0.4, -0.2) is 53.2 Å². The third-order valence-corrected chi connectivity index (χ3v) is 3.03. The topological polar surface area (TPSA) is 127 Å². The van der Waals surface area contributed by atoms with Crippen molar-refractivity contribution in [2.75, 3.05) is 19.6 Å². The van der Waals surface area contributed by atoms with Gasteiger partial charge in [-0.1, -0.05) is 0 Å². The van der Waals surface area contributed by atoms with Gasteiger partial charge >= 0.3 is 12.0 Å². The van der Waals surface area contributed by atoms with Crippen LogP contribution in [0.1, 0.15) is 32.1 Å². The average molecular weight is 261 g/mol. The van der Waals surface area contributed by atoms with Gasteiger partial charge in [-0.05, 0) is 38.6 Å². The molecule has 2 aliphatic heterocycles. The first-order chi connectivity index (χ1) is 8.11. The number of hydrogen-bond acceptors (Lipinski definition) is 3. The van der Waals surface area contributed by atoms with Crippen molar-refractivity contribution >= 4 is 12.0 Å². The summed E-state index contributed by atoms with van der Waals surface area (Å²) in [5, 5.41) is 11.2. The molecular weight excluding hydrogens is 238 g/mol. The quantitative estimate of drug-likeness (QED) is 0.590. The van der Waals surface area contributed by atoms with Gasteiger partial charge < -0.3 is 26.5 Å². The third kappa shape index (κ3) is 5.83. The van der Waals surface area contributed by atoms with Crippen LogP contribution in [0.5, 0.6) is 0 Å². The summed E-state index contributed by atoms with van der Waals surface area (Å²) in [6, 6.07) is -0.537. The van der Waals surface area contributed by atoms with Crippen molar-refractivity contribution in [3.8, 4) is 0 Å². The van der Waals surface area contributed by atoms with Crippen LogP contribution in [0.3, 0.4) is 0 Å². The normalized spacial score (nSPS) is 22.4. The molecule has 0 bridgehead atoms. The fourth-order valence-corrected chi connectivity index (χ4v) is 2.01. The van der Waals surface area contributed by atoms with E-state index in [9.17, 15) is 9.59 Å². The van der Waals surface area contributed by atoms with Crippen molar-refractivity contribution in [2.45, 2.75) is 38.1 Å². The van der Waals surface area contributed by atoms with Gasteiger partial charge in [0.2, 0.25) is 0 Å². The molecule has 106 valence electrons. The minimum Gasteiger partial charge on any atom is -0.480 e. The zero-order valence-electron chi connectivity index (χ0n) is 10.5. The molecule has 2 rings (SSSR count). The Balaban J connectivity index is 0.000000306. The minimum atomic E-state index is -0.720. The lowest BCUT2D eigenvalue weighted by Gasteiger charge is -2.24. The van der Waals surface area contributed by atoms with Crippen LogP contribution >= 0.6 is 0 Å². The number of likely N-dealkylation sites (tertiary alicyclic amines) is 1. The maximum Gasteiger partial charge on any atom is 0.320 e. The van der Waals surface area contributed by atoms with Crippen molar-refractivity contribution in [2.24, 2.45) is 5.73 Å². The number of nitrogens with two attached hydrogens (primary N) is 1. The van der Waals surface area contributed by atoms with E-state index in [-0.39, 0.29) is 17.5 Å². The minimum absolute atomic E-state index is 0. The smallest absolute Gasteiger partial charge is 0.320 e. The fraction of sp³-hybridized carbons (Fsp3) is 0.818. The van der Waals surface area contributed by atoms with Crippen molar-refractivity contribution in [1.82, 2.24) is 10.2 Å². The van der Waals surface area contributed by atoms with Crippen LogP contribution in [-0.2, 0) is 4.79 Å². The molecule has 2 amide bonds. The third-order valence-electron chi connectivity index (χ3n) is 3.03. The highest BCUT2D eigenvalue weighted by Crippen LogP contribution is 2.07. The number of carbonyl (C=O) groups is 2. The van der Waals surface area contributed by atoms with E-state index < -0.39 is 5.97 Å². The van der Waals surface area contributed by atoms with Crippen LogP contribution in [0.15, 0.2) is 0 Å². The van der Waals surface area contributed by atoms with Crippen LogP contribution in [0.25, 0.3) is 0 Å². The monoisotopic (exact) mass is 261 g/mol. The van der Waals surface area contributed by atoms with E-state index in [1.807, 2.05) is 0 Å². The maximum atomic E-state index is 10.5. The highest BCUT2D eigenvalue weighted by atomic mass is 16.4. The predicted molar refractivity (Wildman–Crippen MR) is 67.3 cm³/mol. The molecule has 0 aliphatic carbocycles. The predicted octanol–water partition coefficient (Wildman–Crippen LogP) is -0.451. The first-order valence-corrected chi connectivity index (χ1v) is 6.12. The lowest BCUT2D eigenvalue weighted by atomic mass is 10.1. The Hall–Kier alpha value is -1.34. The van der Waals surface area contributed by atoms with E-state index in [0.29, 0.717) is 0 Å². The Morgan fingerprint density at radius 1 is 1.17 bits per heavy atom. The Morgan fingerprint density at radius 3 is 2.06 bits per heavy atom. The van der Waals surface area contributed by atoms with E-state index in [1.54, 1.807) is 4.90 Å². The summed E-state index contributed by atoms with van der Waals surface area (Å²) in [6.45, 7) is 2.57. The van der Waals surface area contributed by atoms with Gasteiger partial charge in [0.1, 0.15) is 6.04 Å². The van der Waals surface area contributed by atoms with E-state index in [1.165, 1.54) is 6.42 Å². The van der Waals surface area contributed by atoms with Gasteiger partial charge in [-0.3, -0.25) is 4.79 Å². The number of carboxylic acid groups (broad SMARTS) is 1. The second kappa shape index (κ2) is 8.71. The maximum absolute atomic E-state index is 10.5. The fourth-order valence-electron chi connectivity index (χ4n) is 2.01. The second-order valence-electron chi connectivity index (χ2n) is 4.37. The molecule has 18 heavy (non-hydrogen) atoms. The summed E-state index contributed by atoms with van der Waals surface area (Å²) in [6.07, 6.45) is 5.25. The van der Waals surface area contributed by atoms with Crippen LogP contribution in [0.2, 0.25) is 0 Å². The second-order valence-corrected chi connectivity index (χ2v) is 4.37. The van der Waals surface area contributed by atoms with Crippen molar-refractivity contribution < 1.29 is 20.2 Å². The summed E-state index contributed by atoms with van der Waals surface area (Å²) < 4.78 is 0. The summed E-state index contributed by atoms with van der Waals surface area (Å²) in [4.78, 5) is 22.3. The van der Waals surface area contributed by atoms with Gasteiger partial charge in [-0.2, -0.15) is 0 Å². The Bertz CT molecular complexity index is 261. The lowest BCUT2D eigenvalue weighted by molar-refractivity contribution is -0.139. The van der Waals surface area contributed by atoms with E-state index in [0.717, 1.165) is 45.3 Å². The zero-order valence-corrected chi connectivity index (χ0v) is 10.5. The number of urea groups is 1. The molecule has 0 aromatic carbocycles. The Kier molecular flexibility index (Phi) is 8.06. The molecule has 2 saturated heterocycles. The SMILES string of the molecule is NC(=O)N1CCCCC1.O.O=C(O)[C@@H]1CCCN1. The number of hydrogen-bond donors (Lipinski definition) is 3. The number of carboxylic acids is 1. The molecule has 0 spiro atoms. The molecule has 7 nitrogen and oxygen atoms in total. The largest absolute Gasteiger partial charge is 0.480 e. The van der Waals surface area contributed by atoms with Gasteiger partial charge in [-0.15, -0.1) is 0 Å². The van der Waals surface area contributed by atoms with Crippen molar-refractivity contribution in [3.63, 3.8) is 0 Å². The molecule has 2 fully saturated rings. The number of nitrogens with one attached hydrogen (secondary N) is 1. The molecule has 1 atom stereocenters. The molecule has 0 saturated carbocycles. The number of piperidine rings is 1. The first kappa shape index (κ1) is 16.7. The highest BCUT2D eigenvalue weighted by Gasteiger charge is 2.20. The molecular formula is C11H23N3O4. The van der Waals surface area contributed by atoms with Gasteiger partial charge in [0, 0.05) is 13.1 Å². The van der Waals surface area contributed by atoms with E-state index in [2.05, 4.69) is 5.32 Å². The molecule has 0 aromatic rings. The van der Waals surface area contributed by atoms with Crippen LogP contribution in [0.4, 0.5) is 4.79 Å². The van der Waals surface area contributed by atoms with Gasteiger partial charge in [0.25, 0.3) is 0 Å². The number of nitrogens with zero attached hydrogens (tertiary/aromatic N) is 1. The zero-order chi connectivity index (χ0) is 12.7. The molecule has 6 N–H and O–H groups in total. The van der Waals surface area contributed by atoms with Gasteiger partial charge in [0.05, 0.1) is 0 Å². The van der Waals surface area contributed by atoms with Crippen molar-refractivity contribution in [1.29, 1.82) is 0 Å². The molecule has 2 aliphatic rings. The number of primary amides is 1. The number of carbonyl (C=O) groups excluding carboxylic acids is 1. The van der Waals surface area contributed by atoms with Crippen LogP contribution in [0, 0.1) is 0 Å². The van der Waals surface area contributed by atoms with Crippen molar-refractivity contribution in [3.05, 3.63) is 0 Å². The molecule has 0 radical (unpaired) electrons. The summed E-state index contributed by atoms with van der Waals surface area (Å²) >= 11 is 0. The van der Waals surface area contributed by atoms with E-state index >= 15 is 0 Å². The molecule has 0 unspecified atom stereocenters. The first-order valence-electron chi connectivity index (χ1n) is 6.12. The van der Waals surface area contributed by atoms with E-state index in [4.69, 9.17) is 10.8 Å². The lowest BCUT2D eigenvalue weighted by Crippen LogP contribution is -2.39.